The summed E-state index contributed by atoms with van der Waals surface area (Å²) >= 11 is 0. The molecule has 0 saturated carbocycles. The normalized spacial score (nSPS) is 11.8. The Hall–Kier alpha value is -3.19. The van der Waals surface area contributed by atoms with Gasteiger partial charge in [0, 0.05) is 30.3 Å². The zero-order valence-electron chi connectivity index (χ0n) is 14.8. The van der Waals surface area contributed by atoms with Gasteiger partial charge in [-0.15, -0.1) is 0 Å². The van der Waals surface area contributed by atoms with Crippen LogP contribution in [0.3, 0.4) is 0 Å². The van der Waals surface area contributed by atoms with E-state index in [0.29, 0.717) is 0 Å². The molecular weight excluding hydrogens is 362 g/mol. The number of aryl methyl sites for hydroxylation is 1. The Labute approximate surface area is 156 Å². The number of pyridine rings is 1. The number of nitrogens with one attached hydrogen (secondary N) is 1. The molecule has 27 heavy (non-hydrogen) atoms. The van der Waals surface area contributed by atoms with E-state index in [0.717, 1.165) is 33.5 Å². The van der Waals surface area contributed by atoms with Crippen molar-refractivity contribution in [3.05, 3.63) is 77.1 Å². The molecule has 4 rings (SSSR count). The van der Waals surface area contributed by atoms with Crippen molar-refractivity contribution >= 4 is 20.7 Å². The topological polar surface area (TPSA) is 84.8 Å². The van der Waals surface area contributed by atoms with Crippen molar-refractivity contribution in [1.29, 1.82) is 0 Å². The van der Waals surface area contributed by atoms with Crippen LogP contribution in [0.5, 0.6) is 0 Å². The molecule has 0 amide bonds. The van der Waals surface area contributed by atoms with Gasteiger partial charge in [-0.25, -0.2) is 13.4 Å². The number of hydrogen-bond donors (Lipinski definition) is 1. The Morgan fingerprint density at radius 3 is 2.41 bits per heavy atom. The van der Waals surface area contributed by atoms with Crippen molar-refractivity contribution < 1.29 is 8.42 Å². The molecule has 0 aliphatic carbocycles. The molecule has 136 valence electrons. The third kappa shape index (κ3) is 3.17. The van der Waals surface area contributed by atoms with Crippen LogP contribution < -0.4 is 5.56 Å². The van der Waals surface area contributed by atoms with E-state index < -0.39 is 9.84 Å². The second-order valence-corrected chi connectivity index (χ2v) is 8.44. The van der Waals surface area contributed by atoms with Gasteiger partial charge in [-0.2, -0.15) is 0 Å². The van der Waals surface area contributed by atoms with Crippen molar-refractivity contribution in [2.45, 2.75) is 11.8 Å². The Kier molecular flexibility index (Phi) is 3.96. The first-order valence-electron chi connectivity index (χ1n) is 8.31. The molecule has 0 fully saturated rings. The number of aromatic nitrogens is 3. The first-order chi connectivity index (χ1) is 12.8. The van der Waals surface area contributed by atoms with Crippen molar-refractivity contribution in [2.24, 2.45) is 0 Å². The monoisotopic (exact) mass is 379 g/mol. The number of aromatic amines is 1. The summed E-state index contributed by atoms with van der Waals surface area (Å²) < 4.78 is 25.4. The smallest absolute Gasteiger partial charge is 0.248 e. The summed E-state index contributed by atoms with van der Waals surface area (Å²) in [4.78, 5) is 19.1. The predicted octanol–water partition coefficient (Wildman–Crippen LogP) is 3.09. The summed E-state index contributed by atoms with van der Waals surface area (Å²) in [6, 6.07) is 13.9. The Morgan fingerprint density at radius 1 is 1.04 bits per heavy atom. The van der Waals surface area contributed by atoms with Crippen LogP contribution in [0, 0.1) is 6.92 Å². The van der Waals surface area contributed by atoms with Crippen LogP contribution in [-0.2, 0) is 9.84 Å². The van der Waals surface area contributed by atoms with Gasteiger partial charge in [0.15, 0.2) is 9.84 Å². The van der Waals surface area contributed by atoms with Crippen LogP contribution in [0.15, 0.2) is 70.6 Å². The SMILES string of the molecule is Cc1nccn1-c1cc2[nH]c(=O)ccc2cc1-c1ccc(S(C)(=O)=O)cc1. The van der Waals surface area contributed by atoms with Gasteiger partial charge in [-0.05, 0) is 48.2 Å². The average Bonchev–Trinajstić information content (AvgIpc) is 3.06. The number of imidazole rings is 1. The minimum Gasteiger partial charge on any atom is -0.322 e. The van der Waals surface area contributed by atoms with Gasteiger partial charge in [-0.1, -0.05) is 12.1 Å². The maximum Gasteiger partial charge on any atom is 0.248 e. The largest absolute Gasteiger partial charge is 0.322 e. The van der Waals surface area contributed by atoms with Crippen molar-refractivity contribution in [2.75, 3.05) is 6.26 Å². The van der Waals surface area contributed by atoms with Crippen molar-refractivity contribution in [1.82, 2.24) is 14.5 Å². The number of sulfone groups is 1. The van der Waals surface area contributed by atoms with Gasteiger partial charge >= 0.3 is 0 Å². The van der Waals surface area contributed by atoms with Gasteiger partial charge in [0.05, 0.1) is 16.1 Å². The van der Waals surface area contributed by atoms with Gasteiger partial charge in [0.2, 0.25) is 5.56 Å². The molecule has 0 spiro atoms. The highest BCUT2D eigenvalue weighted by Crippen LogP contribution is 2.31. The van der Waals surface area contributed by atoms with E-state index in [1.54, 1.807) is 36.5 Å². The fourth-order valence-electron chi connectivity index (χ4n) is 3.14. The quantitative estimate of drug-likeness (QED) is 0.593. The maximum atomic E-state index is 11.7. The lowest BCUT2D eigenvalue weighted by molar-refractivity contribution is 0.602. The number of benzene rings is 2. The number of fused-ring (bicyclic) bond motifs is 1. The summed E-state index contributed by atoms with van der Waals surface area (Å²) in [7, 11) is -3.26. The Balaban J connectivity index is 1.99. The molecule has 0 radical (unpaired) electrons. The molecule has 7 heteroatoms. The summed E-state index contributed by atoms with van der Waals surface area (Å²) in [5.74, 6) is 0.807. The summed E-state index contributed by atoms with van der Waals surface area (Å²) in [6.07, 6.45) is 4.75. The zero-order valence-corrected chi connectivity index (χ0v) is 15.6. The first-order valence-corrected chi connectivity index (χ1v) is 10.2. The van der Waals surface area contributed by atoms with Crippen LogP contribution >= 0.6 is 0 Å². The molecule has 1 N–H and O–H groups in total. The highest BCUT2D eigenvalue weighted by Gasteiger charge is 2.13. The van der Waals surface area contributed by atoms with Crippen LogP contribution in [0.25, 0.3) is 27.7 Å². The fraction of sp³-hybridized carbons (Fsp3) is 0.100. The molecule has 0 aliphatic heterocycles. The van der Waals surface area contributed by atoms with Crippen molar-refractivity contribution in [3.63, 3.8) is 0 Å². The van der Waals surface area contributed by atoms with Crippen LogP contribution in [0.1, 0.15) is 5.82 Å². The molecule has 0 unspecified atom stereocenters. The van der Waals surface area contributed by atoms with Crippen LogP contribution in [0.2, 0.25) is 0 Å². The Morgan fingerprint density at radius 2 is 1.78 bits per heavy atom. The molecule has 0 atom stereocenters. The van der Waals surface area contributed by atoms with Crippen molar-refractivity contribution in [3.8, 4) is 16.8 Å². The lowest BCUT2D eigenvalue weighted by Gasteiger charge is -2.14. The molecule has 6 nitrogen and oxygen atoms in total. The number of H-pyrrole nitrogens is 1. The highest BCUT2D eigenvalue weighted by molar-refractivity contribution is 7.90. The van der Waals surface area contributed by atoms with E-state index >= 15 is 0 Å². The van der Waals surface area contributed by atoms with Gasteiger partial charge in [0.25, 0.3) is 0 Å². The minimum atomic E-state index is -3.26. The zero-order chi connectivity index (χ0) is 19.2. The highest BCUT2D eigenvalue weighted by atomic mass is 32.2. The van der Waals surface area contributed by atoms with E-state index in [-0.39, 0.29) is 10.5 Å². The van der Waals surface area contributed by atoms with Crippen LogP contribution in [0.4, 0.5) is 0 Å². The molecule has 0 bridgehead atoms. The second-order valence-electron chi connectivity index (χ2n) is 6.42. The summed E-state index contributed by atoms with van der Waals surface area (Å²) in [5, 5.41) is 0.887. The Bertz CT molecular complexity index is 1320. The fourth-order valence-corrected chi connectivity index (χ4v) is 3.77. The number of hydrogen-bond acceptors (Lipinski definition) is 4. The van der Waals surface area contributed by atoms with Crippen LogP contribution in [-0.4, -0.2) is 29.2 Å². The van der Waals surface area contributed by atoms with E-state index in [2.05, 4.69) is 9.97 Å². The van der Waals surface area contributed by atoms with Gasteiger partial charge in [-0.3, -0.25) is 4.79 Å². The van der Waals surface area contributed by atoms with E-state index in [9.17, 15) is 13.2 Å². The summed E-state index contributed by atoms with van der Waals surface area (Å²) in [5.41, 5.74) is 3.20. The average molecular weight is 379 g/mol. The molecular formula is C20H17N3O3S. The molecule has 2 heterocycles. The summed E-state index contributed by atoms with van der Waals surface area (Å²) in [6.45, 7) is 1.90. The third-order valence-electron chi connectivity index (χ3n) is 4.52. The standard InChI is InChI=1S/C20H17N3O3S/c1-13-21-9-10-23(13)19-12-18-15(5-8-20(24)22-18)11-17(19)14-3-6-16(7-4-14)27(2,25)26/h3-12H,1-2H3,(H,22,24). The number of rotatable bonds is 3. The first kappa shape index (κ1) is 17.2. The second kappa shape index (κ2) is 6.21. The number of nitrogens with zero attached hydrogens (tertiary/aromatic N) is 2. The third-order valence-corrected chi connectivity index (χ3v) is 5.65. The van der Waals surface area contributed by atoms with Gasteiger partial charge in [0.1, 0.15) is 5.82 Å². The molecule has 2 aromatic heterocycles. The minimum absolute atomic E-state index is 0.166. The molecule has 2 aromatic carbocycles. The molecule has 0 saturated heterocycles. The maximum absolute atomic E-state index is 11.7. The molecule has 0 aliphatic rings. The lowest BCUT2D eigenvalue weighted by Crippen LogP contribution is -2.05. The van der Waals surface area contributed by atoms with E-state index in [1.165, 1.54) is 12.3 Å². The molecule has 4 aromatic rings. The van der Waals surface area contributed by atoms with Gasteiger partial charge < -0.3 is 9.55 Å². The predicted molar refractivity (Wildman–Crippen MR) is 105 cm³/mol. The van der Waals surface area contributed by atoms with E-state index in [4.69, 9.17) is 0 Å². The lowest BCUT2D eigenvalue weighted by atomic mass is 10.0. The van der Waals surface area contributed by atoms with E-state index in [1.807, 2.05) is 29.8 Å².